The van der Waals surface area contributed by atoms with Crippen LogP contribution in [0.25, 0.3) is 0 Å². The average Bonchev–Trinajstić information content (AvgIpc) is 2.75. The summed E-state index contributed by atoms with van der Waals surface area (Å²) in [6.45, 7) is 3.53. The molecule has 0 spiro atoms. The molecule has 32 heavy (non-hydrogen) atoms. The molecule has 3 aromatic carbocycles. The van der Waals surface area contributed by atoms with Crippen molar-refractivity contribution in [2.45, 2.75) is 18.7 Å². The van der Waals surface area contributed by atoms with Gasteiger partial charge in [0.25, 0.3) is 21.6 Å². The summed E-state index contributed by atoms with van der Waals surface area (Å²) in [4.78, 5) is 23.3. The fourth-order valence-corrected chi connectivity index (χ4v) is 4.07. The normalized spacial score (nSPS) is 11.0. The fourth-order valence-electron chi connectivity index (χ4n) is 2.94. The van der Waals surface area contributed by atoms with Gasteiger partial charge >= 0.3 is 0 Å². The number of nitrogens with zero attached hydrogens (tertiary/aromatic N) is 1. The van der Waals surface area contributed by atoms with Crippen LogP contribution in [-0.2, 0) is 10.0 Å². The molecule has 166 valence electrons. The van der Waals surface area contributed by atoms with Gasteiger partial charge in [0.15, 0.2) is 0 Å². The number of benzene rings is 3. The molecule has 3 aromatic rings. The van der Waals surface area contributed by atoms with Crippen molar-refractivity contribution in [2.24, 2.45) is 0 Å². The summed E-state index contributed by atoms with van der Waals surface area (Å²) in [7, 11) is -2.40. The highest BCUT2D eigenvalue weighted by molar-refractivity contribution is 7.92. The van der Waals surface area contributed by atoms with E-state index in [1.54, 1.807) is 19.1 Å². The van der Waals surface area contributed by atoms with E-state index in [0.717, 1.165) is 5.56 Å². The number of carbonyl (C=O) groups is 1. The maximum atomic E-state index is 12.7. The number of sulfonamides is 1. The monoisotopic (exact) mass is 455 g/mol. The number of rotatable bonds is 7. The van der Waals surface area contributed by atoms with Gasteiger partial charge in [-0.2, -0.15) is 0 Å². The number of nitro groups is 1. The zero-order chi connectivity index (χ0) is 23.5. The van der Waals surface area contributed by atoms with Gasteiger partial charge < -0.3 is 10.1 Å². The third kappa shape index (κ3) is 5.03. The summed E-state index contributed by atoms with van der Waals surface area (Å²) < 4.78 is 32.9. The Morgan fingerprint density at radius 1 is 0.969 bits per heavy atom. The van der Waals surface area contributed by atoms with Crippen LogP contribution >= 0.6 is 0 Å². The quantitative estimate of drug-likeness (QED) is 0.404. The minimum absolute atomic E-state index is 0.127. The van der Waals surface area contributed by atoms with E-state index < -0.39 is 20.9 Å². The number of ether oxygens (including phenoxy) is 1. The van der Waals surface area contributed by atoms with Crippen molar-refractivity contribution in [3.8, 4) is 5.75 Å². The number of nitro benzene ring substituents is 1. The molecule has 0 aliphatic carbocycles. The van der Waals surface area contributed by atoms with Crippen LogP contribution in [0.4, 0.5) is 17.1 Å². The number of methoxy groups -OCH3 is 1. The van der Waals surface area contributed by atoms with Gasteiger partial charge in [0.1, 0.15) is 5.75 Å². The van der Waals surface area contributed by atoms with E-state index in [9.17, 15) is 23.3 Å². The molecule has 0 aliphatic heterocycles. The number of anilines is 2. The molecule has 10 heteroatoms. The SMILES string of the molecule is COc1ccc([N+](=O)[O-])cc1NC(=O)c1ccc(NS(=O)(=O)c2ccc(C)cc2)c(C)c1. The number of amides is 1. The molecule has 0 atom stereocenters. The van der Waals surface area contributed by atoms with Crippen LogP contribution in [0.5, 0.6) is 5.75 Å². The minimum atomic E-state index is -3.79. The van der Waals surface area contributed by atoms with Crippen molar-refractivity contribution in [1.82, 2.24) is 0 Å². The number of hydrogen-bond acceptors (Lipinski definition) is 6. The molecular weight excluding hydrogens is 434 g/mol. The Kier molecular flexibility index (Phi) is 6.45. The first-order valence-electron chi connectivity index (χ1n) is 9.44. The molecule has 2 N–H and O–H groups in total. The van der Waals surface area contributed by atoms with Gasteiger partial charge in [-0.3, -0.25) is 19.6 Å². The van der Waals surface area contributed by atoms with Crippen molar-refractivity contribution in [2.75, 3.05) is 17.1 Å². The average molecular weight is 455 g/mol. The second-order valence-corrected chi connectivity index (χ2v) is 8.73. The minimum Gasteiger partial charge on any atom is -0.495 e. The lowest BCUT2D eigenvalue weighted by Crippen LogP contribution is -2.15. The van der Waals surface area contributed by atoms with Crippen molar-refractivity contribution >= 4 is 33.0 Å². The lowest BCUT2D eigenvalue weighted by atomic mass is 10.1. The van der Waals surface area contributed by atoms with E-state index in [1.165, 1.54) is 55.6 Å². The Morgan fingerprint density at radius 3 is 2.25 bits per heavy atom. The first-order chi connectivity index (χ1) is 15.1. The molecule has 9 nitrogen and oxygen atoms in total. The van der Waals surface area contributed by atoms with Gasteiger partial charge in [0, 0.05) is 17.7 Å². The molecule has 3 rings (SSSR count). The smallest absolute Gasteiger partial charge is 0.271 e. The van der Waals surface area contributed by atoms with Crippen molar-refractivity contribution in [3.63, 3.8) is 0 Å². The molecule has 0 fully saturated rings. The molecule has 0 aromatic heterocycles. The number of hydrogen-bond donors (Lipinski definition) is 2. The Hall–Kier alpha value is -3.92. The molecule has 0 heterocycles. The van der Waals surface area contributed by atoms with Gasteiger partial charge in [0.05, 0.1) is 28.3 Å². The predicted molar refractivity (Wildman–Crippen MR) is 121 cm³/mol. The summed E-state index contributed by atoms with van der Waals surface area (Å²) in [5.74, 6) is -0.261. The molecule has 0 unspecified atom stereocenters. The molecule has 1 amide bonds. The lowest BCUT2D eigenvalue weighted by Gasteiger charge is -2.13. The maximum Gasteiger partial charge on any atom is 0.271 e. The number of carbonyl (C=O) groups excluding carboxylic acids is 1. The second-order valence-electron chi connectivity index (χ2n) is 7.04. The van der Waals surface area contributed by atoms with Gasteiger partial charge in [-0.05, 0) is 55.8 Å². The van der Waals surface area contributed by atoms with E-state index in [4.69, 9.17) is 4.74 Å². The maximum absolute atomic E-state index is 12.7. The summed E-state index contributed by atoms with van der Waals surface area (Å²) in [5.41, 5.74) is 1.99. The number of non-ortho nitro benzene ring substituents is 1. The van der Waals surface area contributed by atoms with Crippen molar-refractivity contribution < 1.29 is 22.9 Å². The zero-order valence-corrected chi connectivity index (χ0v) is 18.4. The zero-order valence-electron chi connectivity index (χ0n) is 17.6. The Bertz CT molecular complexity index is 1290. The molecular formula is C22H21N3O6S. The van der Waals surface area contributed by atoms with E-state index in [1.807, 2.05) is 6.92 Å². The summed E-state index contributed by atoms with van der Waals surface area (Å²) >= 11 is 0. The molecule has 0 bridgehead atoms. The molecule has 0 radical (unpaired) electrons. The topological polar surface area (TPSA) is 128 Å². The van der Waals surface area contributed by atoms with Gasteiger partial charge in [-0.25, -0.2) is 8.42 Å². The largest absolute Gasteiger partial charge is 0.495 e. The Balaban J connectivity index is 1.82. The fraction of sp³-hybridized carbons (Fsp3) is 0.136. The predicted octanol–water partition coefficient (Wildman–Crippen LogP) is 4.27. The first kappa shape index (κ1) is 22.8. The molecule has 0 saturated heterocycles. The summed E-state index contributed by atoms with van der Waals surface area (Å²) in [6.07, 6.45) is 0. The van der Waals surface area contributed by atoms with E-state index in [2.05, 4.69) is 10.0 Å². The molecule has 0 aliphatic rings. The lowest BCUT2D eigenvalue weighted by molar-refractivity contribution is -0.384. The van der Waals surface area contributed by atoms with Gasteiger partial charge in [0.2, 0.25) is 0 Å². The van der Waals surface area contributed by atoms with Crippen LogP contribution in [0.15, 0.2) is 65.6 Å². The van der Waals surface area contributed by atoms with E-state index in [-0.39, 0.29) is 27.6 Å². The van der Waals surface area contributed by atoms with Crippen LogP contribution in [0.2, 0.25) is 0 Å². The van der Waals surface area contributed by atoms with Crippen molar-refractivity contribution in [3.05, 3.63) is 87.5 Å². The van der Waals surface area contributed by atoms with Crippen LogP contribution in [-0.4, -0.2) is 26.4 Å². The second kappa shape index (κ2) is 9.06. The van der Waals surface area contributed by atoms with Crippen LogP contribution < -0.4 is 14.8 Å². The molecule has 0 saturated carbocycles. The van der Waals surface area contributed by atoms with Crippen molar-refractivity contribution in [1.29, 1.82) is 0 Å². The highest BCUT2D eigenvalue weighted by Crippen LogP contribution is 2.29. The first-order valence-corrected chi connectivity index (χ1v) is 10.9. The van der Waals surface area contributed by atoms with Gasteiger partial charge in [-0.15, -0.1) is 0 Å². The summed E-state index contributed by atoms with van der Waals surface area (Å²) in [6, 6.07) is 14.8. The van der Waals surface area contributed by atoms with Crippen LogP contribution in [0.1, 0.15) is 21.5 Å². The van der Waals surface area contributed by atoms with E-state index >= 15 is 0 Å². The third-order valence-corrected chi connectivity index (χ3v) is 6.09. The Morgan fingerprint density at radius 2 is 1.66 bits per heavy atom. The highest BCUT2D eigenvalue weighted by Gasteiger charge is 2.18. The number of aryl methyl sites for hydroxylation is 2. The third-order valence-electron chi connectivity index (χ3n) is 4.71. The van der Waals surface area contributed by atoms with E-state index in [0.29, 0.717) is 11.3 Å². The van der Waals surface area contributed by atoms with Crippen LogP contribution in [0.3, 0.4) is 0 Å². The van der Waals surface area contributed by atoms with Crippen LogP contribution in [0, 0.1) is 24.0 Å². The highest BCUT2D eigenvalue weighted by atomic mass is 32.2. The Labute approximate surface area is 185 Å². The standard InChI is InChI=1S/C22H21N3O6S/c1-14-4-8-18(9-5-14)32(29,30)24-19-10-6-16(12-15(19)2)22(26)23-20-13-17(25(27)28)7-11-21(20)31-3/h4-13,24H,1-3H3,(H,23,26). The summed E-state index contributed by atoms with van der Waals surface area (Å²) in [5, 5.41) is 13.6. The number of nitrogens with one attached hydrogen (secondary N) is 2. The van der Waals surface area contributed by atoms with Gasteiger partial charge in [-0.1, -0.05) is 17.7 Å².